The number of benzene rings is 1. The number of carbonyl (C=O) groups is 1. The van der Waals surface area contributed by atoms with Gasteiger partial charge in [-0.05, 0) is 41.9 Å². The molecule has 0 saturated heterocycles. The number of ether oxygens (including phenoxy) is 1. The quantitative estimate of drug-likeness (QED) is 0.551. The molecule has 20 heavy (non-hydrogen) atoms. The van der Waals surface area contributed by atoms with Crippen LogP contribution in [-0.4, -0.2) is 27.0 Å². The Morgan fingerprint density at radius 2 is 2.05 bits per heavy atom. The molecule has 3 N–H and O–H groups in total. The molecule has 9 heteroatoms. The lowest BCUT2D eigenvalue weighted by atomic mass is 10.3. The van der Waals surface area contributed by atoms with E-state index in [0.29, 0.717) is 8.95 Å². The minimum Gasteiger partial charge on any atom is -0.465 e. The van der Waals surface area contributed by atoms with E-state index in [0.717, 1.165) is 0 Å². The van der Waals surface area contributed by atoms with Crippen LogP contribution in [0.25, 0.3) is 0 Å². The first-order valence-electron chi connectivity index (χ1n) is 5.62. The smallest absolute Gasteiger partial charge is 0.323 e. The van der Waals surface area contributed by atoms with Gasteiger partial charge in [-0.2, -0.15) is 4.72 Å². The zero-order chi connectivity index (χ0) is 15.5. The molecule has 0 spiro atoms. The summed E-state index contributed by atoms with van der Waals surface area (Å²) in [7, 11) is -3.94. The predicted octanol–water partition coefficient (Wildman–Crippen LogP) is 2.02. The maximum atomic E-state index is 12.3. The summed E-state index contributed by atoms with van der Waals surface area (Å²) < 4.78 is 32.4. The monoisotopic (exact) mass is 428 g/mol. The number of rotatable bonds is 5. The molecule has 1 unspecified atom stereocenters. The lowest BCUT2D eigenvalue weighted by molar-refractivity contribution is -0.144. The lowest BCUT2D eigenvalue weighted by Gasteiger charge is -2.15. The van der Waals surface area contributed by atoms with Crippen molar-refractivity contribution in [3.05, 3.63) is 21.1 Å². The van der Waals surface area contributed by atoms with Gasteiger partial charge in [-0.15, -0.1) is 0 Å². The lowest BCUT2D eigenvalue weighted by Crippen LogP contribution is -2.39. The van der Waals surface area contributed by atoms with Crippen molar-refractivity contribution in [1.82, 2.24) is 4.72 Å². The Hall–Kier alpha value is -0.640. The number of nitrogens with two attached hydrogens (primary N) is 1. The van der Waals surface area contributed by atoms with E-state index >= 15 is 0 Å². The summed E-state index contributed by atoms with van der Waals surface area (Å²) in [5.41, 5.74) is 5.79. The fourth-order valence-corrected chi connectivity index (χ4v) is 4.73. The number of halogens is 2. The van der Waals surface area contributed by atoms with Gasteiger partial charge in [0.05, 0.1) is 12.3 Å². The molecular formula is C11H14Br2N2O4S. The Labute approximate surface area is 134 Å². The zero-order valence-electron chi connectivity index (χ0n) is 10.8. The highest BCUT2D eigenvalue weighted by Gasteiger charge is 2.26. The Bertz CT molecular complexity index is 596. The highest BCUT2D eigenvalue weighted by Crippen LogP contribution is 2.31. The van der Waals surface area contributed by atoms with Crippen molar-refractivity contribution in [2.24, 2.45) is 0 Å². The van der Waals surface area contributed by atoms with Gasteiger partial charge in [0.15, 0.2) is 0 Å². The molecule has 0 saturated carbocycles. The standard InChI is InChI=1S/C11H14Br2N2O4S/c1-3-19-11(16)6(2)15-20(17,18)10-8(13)4-7(12)5-9(10)14/h4-6,15H,3,14H2,1-2H3. The van der Waals surface area contributed by atoms with E-state index in [-0.39, 0.29) is 17.2 Å². The third-order valence-electron chi connectivity index (χ3n) is 2.28. The number of hydrogen-bond donors (Lipinski definition) is 2. The molecule has 0 aliphatic carbocycles. The summed E-state index contributed by atoms with van der Waals surface area (Å²) in [6, 6.07) is 2.02. The SMILES string of the molecule is CCOC(=O)C(C)NS(=O)(=O)c1c(N)cc(Br)cc1Br. The summed E-state index contributed by atoms with van der Waals surface area (Å²) in [5.74, 6) is -0.650. The molecule has 6 nitrogen and oxygen atoms in total. The average molecular weight is 430 g/mol. The Morgan fingerprint density at radius 1 is 1.45 bits per heavy atom. The average Bonchev–Trinajstić information content (AvgIpc) is 2.26. The number of hydrogen-bond acceptors (Lipinski definition) is 5. The summed E-state index contributed by atoms with van der Waals surface area (Å²) in [6.45, 7) is 3.22. The molecule has 112 valence electrons. The molecule has 1 aromatic rings. The third kappa shape index (κ3) is 4.18. The van der Waals surface area contributed by atoms with Gasteiger partial charge >= 0.3 is 5.97 Å². The highest BCUT2D eigenvalue weighted by molar-refractivity contribution is 9.11. The molecule has 0 aliphatic heterocycles. The molecule has 0 radical (unpaired) electrons. The normalized spacial score (nSPS) is 13.0. The Balaban J connectivity index is 3.10. The van der Waals surface area contributed by atoms with Crippen LogP contribution in [0, 0.1) is 0 Å². The first kappa shape index (κ1) is 17.4. The topological polar surface area (TPSA) is 98.5 Å². The zero-order valence-corrected chi connectivity index (χ0v) is 14.8. The van der Waals surface area contributed by atoms with Crippen molar-refractivity contribution in [2.75, 3.05) is 12.3 Å². The maximum absolute atomic E-state index is 12.3. The van der Waals surface area contributed by atoms with E-state index in [1.165, 1.54) is 13.0 Å². The van der Waals surface area contributed by atoms with E-state index in [1.54, 1.807) is 13.0 Å². The summed E-state index contributed by atoms with van der Waals surface area (Å²) in [4.78, 5) is 11.4. The highest BCUT2D eigenvalue weighted by atomic mass is 79.9. The van der Waals surface area contributed by atoms with Gasteiger partial charge in [-0.25, -0.2) is 8.42 Å². The first-order chi connectivity index (χ1) is 9.19. The molecule has 0 bridgehead atoms. The van der Waals surface area contributed by atoms with E-state index in [9.17, 15) is 13.2 Å². The minimum atomic E-state index is -3.94. The molecule has 0 amide bonds. The predicted molar refractivity (Wildman–Crippen MR) is 82.7 cm³/mol. The van der Waals surface area contributed by atoms with Gasteiger partial charge in [-0.1, -0.05) is 15.9 Å². The van der Waals surface area contributed by atoms with Crippen LogP contribution in [0.4, 0.5) is 5.69 Å². The number of sulfonamides is 1. The largest absolute Gasteiger partial charge is 0.465 e. The summed E-state index contributed by atoms with van der Waals surface area (Å²) in [6.07, 6.45) is 0. The molecule has 0 fully saturated rings. The molecule has 0 aromatic heterocycles. The van der Waals surface area contributed by atoms with Crippen LogP contribution in [0.5, 0.6) is 0 Å². The van der Waals surface area contributed by atoms with E-state index in [4.69, 9.17) is 10.5 Å². The van der Waals surface area contributed by atoms with Gasteiger partial charge in [0.1, 0.15) is 10.9 Å². The minimum absolute atomic E-state index is 0.0646. The number of esters is 1. The molecule has 0 heterocycles. The number of anilines is 1. The number of nitrogen functional groups attached to an aromatic ring is 1. The maximum Gasteiger partial charge on any atom is 0.323 e. The molecular weight excluding hydrogens is 416 g/mol. The van der Waals surface area contributed by atoms with E-state index < -0.39 is 22.0 Å². The van der Waals surface area contributed by atoms with Crippen LogP contribution >= 0.6 is 31.9 Å². The van der Waals surface area contributed by atoms with Gasteiger partial charge in [0.25, 0.3) is 0 Å². The van der Waals surface area contributed by atoms with E-state index in [2.05, 4.69) is 36.6 Å². The Morgan fingerprint density at radius 3 is 2.55 bits per heavy atom. The van der Waals surface area contributed by atoms with Gasteiger partial charge < -0.3 is 10.5 Å². The summed E-state index contributed by atoms with van der Waals surface area (Å²) >= 11 is 6.36. The van der Waals surface area contributed by atoms with E-state index in [1.807, 2.05) is 0 Å². The van der Waals surface area contributed by atoms with Gasteiger partial charge in [0.2, 0.25) is 10.0 Å². The second kappa shape index (κ2) is 6.88. The molecule has 1 aromatic carbocycles. The molecule has 1 rings (SSSR count). The van der Waals surface area contributed by atoms with Crippen molar-refractivity contribution < 1.29 is 17.9 Å². The fourth-order valence-electron chi connectivity index (χ4n) is 1.47. The number of carbonyl (C=O) groups excluding carboxylic acids is 1. The molecule has 0 aliphatic rings. The second-order valence-electron chi connectivity index (χ2n) is 3.90. The second-order valence-corrected chi connectivity index (χ2v) is 7.32. The van der Waals surface area contributed by atoms with Crippen molar-refractivity contribution in [3.63, 3.8) is 0 Å². The Kier molecular flexibility index (Phi) is 5.99. The van der Waals surface area contributed by atoms with Crippen LogP contribution in [0.2, 0.25) is 0 Å². The molecule has 1 atom stereocenters. The third-order valence-corrected chi connectivity index (χ3v) is 5.28. The summed E-state index contributed by atoms with van der Waals surface area (Å²) in [5, 5.41) is 0. The van der Waals surface area contributed by atoms with Crippen LogP contribution in [0.1, 0.15) is 13.8 Å². The van der Waals surface area contributed by atoms with Crippen molar-refractivity contribution in [1.29, 1.82) is 0 Å². The van der Waals surface area contributed by atoms with Gasteiger partial charge in [-0.3, -0.25) is 4.79 Å². The van der Waals surface area contributed by atoms with Crippen molar-refractivity contribution >= 4 is 53.5 Å². The van der Waals surface area contributed by atoms with Crippen LogP contribution in [0.3, 0.4) is 0 Å². The van der Waals surface area contributed by atoms with Crippen LogP contribution in [0.15, 0.2) is 26.0 Å². The van der Waals surface area contributed by atoms with Gasteiger partial charge in [0, 0.05) is 8.95 Å². The van der Waals surface area contributed by atoms with Crippen molar-refractivity contribution in [3.8, 4) is 0 Å². The number of nitrogens with one attached hydrogen (secondary N) is 1. The van der Waals surface area contributed by atoms with Crippen LogP contribution in [-0.2, 0) is 19.6 Å². The van der Waals surface area contributed by atoms with Crippen molar-refractivity contribution in [2.45, 2.75) is 24.8 Å². The first-order valence-corrected chi connectivity index (χ1v) is 8.69. The fraction of sp³-hybridized carbons (Fsp3) is 0.364. The van der Waals surface area contributed by atoms with Crippen LogP contribution < -0.4 is 10.5 Å².